The Balaban J connectivity index is 1.98. The predicted octanol–water partition coefficient (Wildman–Crippen LogP) is 1.74. The first kappa shape index (κ1) is 15.5. The summed E-state index contributed by atoms with van der Waals surface area (Å²) in [7, 11) is 1.50. The van der Waals surface area contributed by atoms with Crippen molar-refractivity contribution < 1.29 is 14.4 Å². The lowest BCUT2D eigenvalue weighted by atomic mass is 10.2. The zero-order valence-corrected chi connectivity index (χ0v) is 12.4. The number of nitro benzene ring substituents is 1. The Kier molecular flexibility index (Phi) is 5.35. The van der Waals surface area contributed by atoms with Gasteiger partial charge in [0.1, 0.15) is 5.75 Å². The van der Waals surface area contributed by atoms with Crippen LogP contribution in [0.4, 0.5) is 11.4 Å². The van der Waals surface area contributed by atoms with Gasteiger partial charge in [0, 0.05) is 43.5 Å². The lowest BCUT2D eigenvalue weighted by molar-refractivity contribution is -0.384. The summed E-state index contributed by atoms with van der Waals surface area (Å²) in [6.07, 6.45) is 0. The van der Waals surface area contributed by atoms with E-state index in [-0.39, 0.29) is 5.69 Å². The molecule has 0 bridgehead atoms. The highest BCUT2D eigenvalue weighted by Gasteiger charge is 2.17. The molecule has 0 aromatic heterocycles. The van der Waals surface area contributed by atoms with Crippen molar-refractivity contribution in [1.29, 1.82) is 0 Å². The third kappa shape index (κ3) is 4.30. The molecule has 21 heavy (non-hydrogen) atoms. The quantitative estimate of drug-likeness (QED) is 0.636. The lowest BCUT2D eigenvalue weighted by Gasteiger charge is -2.32. The molecule has 1 unspecified atom stereocenters. The molecule has 1 fully saturated rings. The molecule has 1 saturated heterocycles. The van der Waals surface area contributed by atoms with Crippen LogP contribution >= 0.6 is 0 Å². The smallest absolute Gasteiger partial charge is 0.275 e. The summed E-state index contributed by atoms with van der Waals surface area (Å²) >= 11 is 0. The van der Waals surface area contributed by atoms with E-state index >= 15 is 0 Å². The van der Waals surface area contributed by atoms with Gasteiger partial charge in [-0.15, -0.1) is 0 Å². The zero-order valence-electron chi connectivity index (χ0n) is 12.4. The second-order valence-corrected chi connectivity index (χ2v) is 5.06. The average Bonchev–Trinajstić information content (AvgIpc) is 2.53. The van der Waals surface area contributed by atoms with Crippen molar-refractivity contribution >= 4 is 11.4 Å². The second-order valence-electron chi connectivity index (χ2n) is 5.06. The van der Waals surface area contributed by atoms with Crippen LogP contribution in [0.5, 0.6) is 5.75 Å². The highest BCUT2D eigenvalue weighted by molar-refractivity contribution is 5.56. The van der Waals surface area contributed by atoms with Crippen LogP contribution in [0, 0.1) is 10.1 Å². The number of benzene rings is 1. The number of rotatable bonds is 6. The van der Waals surface area contributed by atoms with E-state index in [0.717, 1.165) is 26.3 Å². The normalized spacial score (nSPS) is 17.2. The van der Waals surface area contributed by atoms with Gasteiger partial charge in [-0.3, -0.25) is 15.0 Å². The molecule has 7 heteroatoms. The van der Waals surface area contributed by atoms with Gasteiger partial charge in [-0.2, -0.15) is 0 Å². The Hall–Kier alpha value is -1.86. The molecule has 116 valence electrons. The summed E-state index contributed by atoms with van der Waals surface area (Å²) in [4.78, 5) is 12.8. The van der Waals surface area contributed by atoms with Crippen LogP contribution in [0.15, 0.2) is 18.2 Å². The number of hydrogen-bond donors (Lipinski definition) is 1. The van der Waals surface area contributed by atoms with Crippen LogP contribution in [-0.2, 0) is 4.74 Å². The molecule has 1 N–H and O–H groups in total. The first-order chi connectivity index (χ1) is 10.1. The van der Waals surface area contributed by atoms with Gasteiger partial charge in [-0.05, 0) is 6.92 Å². The number of nitro groups is 1. The minimum Gasteiger partial charge on any atom is -0.496 e. The highest BCUT2D eigenvalue weighted by Crippen LogP contribution is 2.25. The average molecular weight is 295 g/mol. The van der Waals surface area contributed by atoms with E-state index in [2.05, 4.69) is 17.1 Å². The van der Waals surface area contributed by atoms with Gasteiger partial charge >= 0.3 is 0 Å². The standard InChI is InChI=1S/C14H21N3O4/c1-11(16-3-5-21-6-4-16)10-15-12-7-13(17(18)19)9-14(8-12)20-2/h7-9,11,15H,3-6,10H2,1-2H3. The van der Waals surface area contributed by atoms with Crippen molar-refractivity contribution in [2.75, 3.05) is 45.3 Å². The van der Waals surface area contributed by atoms with Crippen molar-refractivity contribution in [3.05, 3.63) is 28.3 Å². The molecule has 2 rings (SSSR count). The maximum absolute atomic E-state index is 10.9. The molecule has 1 aliphatic heterocycles. The molecule has 1 atom stereocenters. The summed E-state index contributed by atoms with van der Waals surface area (Å²) in [5.74, 6) is 0.478. The summed E-state index contributed by atoms with van der Waals surface area (Å²) < 4.78 is 10.4. The maximum Gasteiger partial charge on any atom is 0.275 e. The maximum atomic E-state index is 10.9. The van der Waals surface area contributed by atoms with Crippen molar-refractivity contribution in [3.63, 3.8) is 0 Å². The monoisotopic (exact) mass is 295 g/mol. The van der Waals surface area contributed by atoms with Gasteiger partial charge in [0.2, 0.25) is 0 Å². The van der Waals surface area contributed by atoms with Crippen LogP contribution in [0.1, 0.15) is 6.92 Å². The number of nitrogens with zero attached hydrogens (tertiary/aromatic N) is 2. The fourth-order valence-corrected chi connectivity index (χ4v) is 2.32. The van der Waals surface area contributed by atoms with Crippen molar-refractivity contribution in [1.82, 2.24) is 4.90 Å². The molecule has 0 amide bonds. The Bertz CT molecular complexity index is 489. The van der Waals surface area contributed by atoms with E-state index in [1.54, 1.807) is 6.07 Å². The Morgan fingerprint density at radius 3 is 2.76 bits per heavy atom. The first-order valence-corrected chi connectivity index (χ1v) is 6.99. The minimum absolute atomic E-state index is 0.0240. The van der Waals surface area contributed by atoms with Crippen LogP contribution in [0.3, 0.4) is 0 Å². The summed E-state index contributed by atoms with van der Waals surface area (Å²) in [5, 5.41) is 14.2. The second kappa shape index (κ2) is 7.24. The third-order valence-corrected chi connectivity index (χ3v) is 3.61. The molecule has 1 aliphatic rings. The van der Waals surface area contributed by atoms with E-state index in [1.165, 1.54) is 19.2 Å². The lowest BCUT2D eigenvalue weighted by Crippen LogP contribution is -2.45. The predicted molar refractivity (Wildman–Crippen MR) is 80.0 cm³/mol. The Labute approximate surface area is 124 Å². The molecule has 0 aliphatic carbocycles. The van der Waals surface area contributed by atoms with Gasteiger partial charge < -0.3 is 14.8 Å². The number of methoxy groups -OCH3 is 1. The largest absolute Gasteiger partial charge is 0.496 e. The topological polar surface area (TPSA) is 76.9 Å². The van der Waals surface area contributed by atoms with Gasteiger partial charge in [-0.1, -0.05) is 0 Å². The minimum atomic E-state index is -0.418. The van der Waals surface area contributed by atoms with E-state index in [4.69, 9.17) is 9.47 Å². The van der Waals surface area contributed by atoms with Crippen molar-refractivity contribution in [3.8, 4) is 5.75 Å². The summed E-state index contributed by atoms with van der Waals surface area (Å²) in [5.41, 5.74) is 0.719. The van der Waals surface area contributed by atoms with Gasteiger partial charge in [0.25, 0.3) is 5.69 Å². The van der Waals surface area contributed by atoms with E-state index in [0.29, 0.717) is 24.0 Å². The number of anilines is 1. The molecule has 0 radical (unpaired) electrons. The number of ether oxygens (including phenoxy) is 2. The fourth-order valence-electron chi connectivity index (χ4n) is 2.32. The molecular weight excluding hydrogens is 274 g/mol. The van der Waals surface area contributed by atoms with Crippen molar-refractivity contribution in [2.45, 2.75) is 13.0 Å². The molecule has 0 saturated carbocycles. The zero-order chi connectivity index (χ0) is 15.2. The van der Waals surface area contributed by atoms with Crippen molar-refractivity contribution in [2.24, 2.45) is 0 Å². The summed E-state index contributed by atoms with van der Waals surface area (Å²) in [6.45, 7) is 6.20. The van der Waals surface area contributed by atoms with Gasteiger partial charge in [0.05, 0.1) is 31.3 Å². The van der Waals surface area contributed by atoms with Gasteiger partial charge in [-0.25, -0.2) is 0 Å². The van der Waals surface area contributed by atoms with E-state index < -0.39 is 4.92 Å². The van der Waals surface area contributed by atoms with E-state index in [1.807, 2.05) is 0 Å². The van der Waals surface area contributed by atoms with E-state index in [9.17, 15) is 10.1 Å². The van der Waals surface area contributed by atoms with Crippen LogP contribution in [-0.4, -0.2) is 55.8 Å². The Morgan fingerprint density at radius 2 is 2.14 bits per heavy atom. The molecule has 1 aromatic carbocycles. The number of non-ortho nitro benzene ring substituents is 1. The summed E-state index contributed by atoms with van der Waals surface area (Å²) in [6, 6.07) is 5.03. The highest BCUT2D eigenvalue weighted by atomic mass is 16.6. The number of morpholine rings is 1. The first-order valence-electron chi connectivity index (χ1n) is 6.99. The fraction of sp³-hybridized carbons (Fsp3) is 0.571. The molecule has 1 heterocycles. The van der Waals surface area contributed by atoms with Crippen LogP contribution < -0.4 is 10.1 Å². The number of nitrogens with one attached hydrogen (secondary N) is 1. The molecule has 0 spiro atoms. The van der Waals surface area contributed by atoms with Crippen LogP contribution in [0.2, 0.25) is 0 Å². The molecule has 1 aromatic rings. The SMILES string of the molecule is COc1cc(NCC(C)N2CCOCC2)cc([N+](=O)[O-])c1. The Morgan fingerprint density at radius 1 is 1.43 bits per heavy atom. The van der Waals surface area contributed by atoms with Gasteiger partial charge in [0.15, 0.2) is 0 Å². The molecular formula is C14H21N3O4. The number of hydrogen-bond acceptors (Lipinski definition) is 6. The third-order valence-electron chi connectivity index (χ3n) is 3.61. The van der Waals surface area contributed by atoms with Crippen LogP contribution in [0.25, 0.3) is 0 Å². The molecule has 7 nitrogen and oxygen atoms in total.